The third-order valence-corrected chi connectivity index (χ3v) is 2.69. The SMILES string of the molecule is CCCn1cccc1CNc1cccc(F)c1. The zero-order chi connectivity index (χ0) is 12.1. The molecule has 0 radical (unpaired) electrons. The smallest absolute Gasteiger partial charge is 0.125 e. The van der Waals surface area contributed by atoms with Crippen molar-refractivity contribution in [3.8, 4) is 0 Å². The van der Waals surface area contributed by atoms with Crippen LogP contribution in [-0.4, -0.2) is 4.57 Å². The second kappa shape index (κ2) is 5.53. The number of anilines is 1. The predicted molar refractivity (Wildman–Crippen MR) is 68.4 cm³/mol. The fourth-order valence-corrected chi connectivity index (χ4v) is 1.86. The van der Waals surface area contributed by atoms with Gasteiger partial charge in [0.05, 0.1) is 6.54 Å². The van der Waals surface area contributed by atoms with Crippen LogP contribution in [0.4, 0.5) is 10.1 Å². The summed E-state index contributed by atoms with van der Waals surface area (Å²) >= 11 is 0. The van der Waals surface area contributed by atoms with Crippen LogP contribution in [-0.2, 0) is 13.1 Å². The highest BCUT2D eigenvalue weighted by Gasteiger charge is 2.00. The van der Waals surface area contributed by atoms with E-state index in [0.29, 0.717) is 0 Å². The number of nitrogens with one attached hydrogen (secondary N) is 1. The molecule has 1 aromatic carbocycles. The molecule has 3 heteroatoms. The molecule has 1 aromatic heterocycles. The van der Waals surface area contributed by atoms with Crippen LogP contribution in [0.15, 0.2) is 42.6 Å². The van der Waals surface area contributed by atoms with Crippen molar-refractivity contribution in [3.05, 3.63) is 54.1 Å². The molecule has 0 aliphatic heterocycles. The van der Waals surface area contributed by atoms with Crippen LogP contribution in [0.2, 0.25) is 0 Å². The standard InChI is InChI=1S/C14H17FN2/c1-2-8-17-9-4-7-14(17)11-16-13-6-3-5-12(15)10-13/h3-7,9-10,16H,2,8,11H2,1H3. The maximum Gasteiger partial charge on any atom is 0.125 e. The molecule has 0 spiro atoms. The zero-order valence-electron chi connectivity index (χ0n) is 9.99. The first-order chi connectivity index (χ1) is 8.29. The molecule has 0 bridgehead atoms. The molecule has 0 aliphatic carbocycles. The molecule has 0 aliphatic rings. The Morgan fingerprint density at radius 3 is 2.88 bits per heavy atom. The highest BCUT2D eigenvalue weighted by molar-refractivity contribution is 5.43. The minimum atomic E-state index is -0.209. The Bertz CT molecular complexity index is 477. The maximum atomic E-state index is 13.0. The van der Waals surface area contributed by atoms with Crippen molar-refractivity contribution in [2.24, 2.45) is 0 Å². The van der Waals surface area contributed by atoms with E-state index in [2.05, 4.69) is 29.1 Å². The van der Waals surface area contributed by atoms with E-state index < -0.39 is 0 Å². The molecule has 0 saturated carbocycles. The molecule has 1 N–H and O–H groups in total. The van der Waals surface area contributed by atoms with Crippen molar-refractivity contribution >= 4 is 5.69 Å². The quantitative estimate of drug-likeness (QED) is 0.832. The zero-order valence-corrected chi connectivity index (χ0v) is 9.99. The fourth-order valence-electron chi connectivity index (χ4n) is 1.86. The van der Waals surface area contributed by atoms with Crippen LogP contribution in [0.3, 0.4) is 0 Å². The van der Waals surface area contributed by atoms with E-state index in [4.69, 9.17) is 0 Å². The molecule has 17 heavy (non-hydrogen) atoms. The number of halogens is 1. The second-order valence-electron chi connectivity index (χ2n) is 4.06. The first-order valence-corrected chi connectivity index (χ1v) is 5.93. The molecular formula is C14H17FN2. The number of benzene rings is 1. The van der Waals surface area contributed by atoms with Crippen molar-refractivity contribution in [3.63, 3.8) is 0 Å². The summed E-state index contributed by atoms with van der Waals surface area (Å²) in [5.74, 6) is -0.209. The Morgan fingerprint density at radius 2 is 2.12 bits per heavy atom. The Balaban J connectivity index is 1.99. The monoisotopic (exact) mass is 232 g/mol. The molecule has 2 rings (SSSR count). The summed E-state index contributed by atoms with van der Waals surface area (Å²) < 4.78 is 15.2. The summed E-state index contributed by atoms with van der Waals surface area (Å²) in [5.41, 5.74) is 2.03. The number of rotatable bonds is 5. The molecule has 1 heterocycles. The van der Waals surface area contributed by atoms with Crippen LogP contribution < -0.4 is 5.32 Å². The van der Waals surface area contributed by atoms with Gasteiger partial charge in [-0.2, -0.15) is 0 Å². The fraction of sp³-hybridized carbons (Fsp3) is 0.286. The third kappa shape index (κ3) is 3.09. The highest BCUT2D eigenvalue weighted by Crippen LogP contribution is 2.11. The van der Waals surface area contributed by atoms with Gasteiger partial charge >= 0.3 is 0 Å². The van der Waals surface area contributed by atoms with Gasteiger partial charge in [-0.3, -0.25) is 0 Å². The largest absolute Gasteiger partial charge is 0.379 e. The first-order valence-electron chi connectivity index (χ1n) is 5.93. The summed E-state index contributed by atoms with van der Waals surface area (Å²) in [6.07, 6.45) is 3.19. The summed E-state index contributed by atoms with van der Waals surface area (Å²) in [6, 6.07) is 10.7. The predicted octanol–water partition coefficient (Wildman–Crippen LogP) is 3.65. The maximum absolute atomic E-state index is 13.0. The van der Waals surface area contributed by atoms with E-state index in [9.17, 15) is 4.39 Å². The van der Waals surface area contributed by atoms with Gasteiger partial charge in [-0.25, -0.2) is 4.39 Å². The average molecular weight is 232 g/mol. The van der Waals surface area contributed by atoms with Crippen molar-refractivity contribution in [1.29, 1.82) is 0 Å². The summed E-state index contributed by atoms with van der Waals surface area (Å²) in [5, 5.41) is 3.23. The van der Waals surface area contributed by atoms with Crippen LogP contribution >= 0.6 is 0 Å². The minimum absolute atomic E-state index is 0.209. The lowest BCUT2D eigenvalue weighted by Crippen LogP contribution is -2.06. The van der Waals surface area contributed by atoms with Crippen molar-refractivity contribution in [1.82, 2.24) is 4.57 Å². The summed E-state index contributed by atoms with van der Waals surface area (Å²) in [7, 11) is 0. The summed E-state index contributed by atoms with van der Waals surface area (Å²) in [4.78, 5) is 0. The third-order valence-electron chi connectivity index (χ3n) is 2.69. The van der Waals surface area contributed by atoms with Gasteiger partial charge in [0, 0.05) is 24.1 Å². The Morgan fingerprint density at radius 1 is 1.24 bits per heavy atom. The lowest BCUT2D eigenvalue weighted by molar-refractivity contribution is 0.628. The molecule has 2 nitrogen and oxygen atoms in total. The van der Waals surface area contributed by atoms with Crippen LogP contribution in [0, 0.1) is 5.82 Å². The molecule has 0 fully saturated rings. The molecule has 0 saturated heterocycles. The summed E-state index contributed by atoms with van der Waals surface area (Å²) in [6.45, 7) is 3.90. The van der Waals surface area contributed by atoms with Gasteiger partial charge in [0.1, 0.15) is 5.82 Å². The molecule has 0 atom stereocenters. The number of aryl methyl sites for hydroxylation is 1. The van der Waals surface area contributed by atoms with E-state index in [0.717, 1.165) is 25.2 Å². The van der Waals surface area contributed by atoms with E-state index in [-0.39, 0.29) is 5.82 Å². The van der Waals surface area contributed by atoms with Gasteiger partial charge in [0.15, 0.2) is 0 Å². The van der Waals surface area contributed by atoms with Gasteiger partial charge in [0.2, 0.25) is 0 Å². The average Bonchev–Trinajstić information content (AvgIpc) is 2.75. The lowest BCUT2D eigenvalue weighted by atomic mass is 10.3. The Labute approximate surface area is 101 Å². The molecular weight excluding hydrogens is 215 g/mol. The minimum Gasteiger partial charge on any atom is -0.379 e. The number of nitrogens with zero attached hydrogens (tertiary/aromatic N) is 1. The van der Waals surface area contributed by atoms with E-state index in [1.165, 1.54) is 17.8 Å². The Kier molecular flexibility index (Phi) is 3.81. The van der Waals surface area contributed by atoms with Crippen LogP contribution in [0.1, 0.15) is 19.0 Å². The van der Waals surface area contributed by atoms with Gasteiger partial charge in [-0.1, -0.05) is 13.0 Å². The van der Waals surface area contributed by atoms with Gasteiger partial charge in [-0.05, 0) is 36.8 Å². The lowest BCUT2D eigenvalue weighted by Gasteiger charge is -2.10. The normalized spacial score (nSPS) is 10.5. The van der Waals surface area contributed by atoms with Crippen molar-refractivity contribution in [2.45, 2.75) is 26.4 Å². The van der Waals surface area contributed by atoms with E-state index >= 15 is 0 Å². The van der Waals surface area contributed by atoms with Crippen molar-refractivity contribution < 1.29 is 4.39 Å². The Hall–Kier alpha value is -1.77. The van der Waals surface area contributed by atoms with Gasteiger partial charge in [-0.15, -0.1) is 0 Å². The van der Waals surface area contributed by atoms with Gasteiger partial charge < -0.3 is 9.88 Å². The van der Waals surface area contributed by atoms with Gasteiger partial charge in [0.25, 0.3) is 0 Å². The number of hydrogen-bond acceptors (Lipinski definition) is 1. The number of aromatic nitrogens is 1. The van der Waals surface area contributed by atoms with Crippen LogP contribution in [0.25, 0.3) is 0 Å². The van der Waals surface area contributed by atoms with E-state index in [1.807, 2.05) is 12.1 Å². The number of hydrogen-bond donors (Lipinski definition) is 1. The van der Waals surface area contributed by atoms with Crippen molar-refractivity contribution in [2.75, 3.05) is 5.32 Å². The topological polar surface area (TPSA) is 17.0 Å². The molecule has 2 aromatic rings. The highest BCUT2D eigenvalue weighted by atomic mass is 19.1. The molecule has 90 valence electrons. The second-order valence-corrected chi connectivity index (χ2v) is 4.06. The molecule has 0 amide bonds. The van der Waals surface area contributed by atoms with E-state index in [1.54, 1.807) is 6.07 Å². The molecule has 0 unspecified atom stereocenters. The van der Waals surface area contributed by atoms with Crippen LogP contribution in [0.5, 0.6) is 0 Å². The first kappa shape index (κ1) is 11.7.